The van der Waals surface area contributed by atoms with E-state index in [0.29, 0.717) is 32.1 Å². The van der Waals surface area contributed by atoms with Crippen LogP contribution in [0.2, 0.25) is 0 Å². The van der Waals surface area contributed by atoms with Gasteiger partial charge in [0.05, 0.1) is 6.04 Å². The summed E-state index contributed by atoms with van der Waals surface area (Å²) < 4.78 is 29.6. The summed E-state index contributed by atoms with van der Waals surface area (Å²) in [5, 5.41) is 8.77. The van der Waals surface area contributed by atoms with Gasteiger partial charge in [-0.1, -0.05) is 6.42 Å². The number of hydrogen-bond donors (Lipinski definition) is 0. The smallest absolute Gasteiger partial charge is 0.281 e. The fraction of sp³-hybridized carbons (Fsp3) is 0.857. The number of aromatic nitrogens is 3. The normalized spacial score (nSPS) is 24.6. The van der Waals surface area contributed by atoms with E-state index in [1.54, 1.807) is 14.1 Å². The van der Waals surface area contributed by atoms with E-state index in [0.717, 1.165) is 24.6 Å². The molecule has 2 aliphatic heterocycles. The lowest BCUT2D eigenvalue weighted by Crippen LogP contribution is -2.41. The molecule has 0 saturated carbocycles. The van der Waals surface area contributed by atoms with Crippen LogP contribution in [0, 0.1) is 0 Å². The van der Waals surface area contributed by atoms with E-state index in [1.807, 2.05) is 0 Å². The Morgan fingerprint density at radius 1 is 1.09 bits per heavy atom. The van der Waals surface area contributed by atoms with E-state index in [4.69, 9.17) is 0 Å². The van der Waals surface area contributed by atoms with Crippen LogP contribution in [-0.4, -0.2) is 77.5 Å². The highest BCUT2D eigenvalue weighted by molar-refractivity contribution is 7.86. The zero-order chi connectivity index (χ0) is 16.6. The lowest BCUT2D eigenvalue weighted by Gasteiger charge is -2.32. The van der Waals surface area contributed by atoms with Crippen molar-refractivity contribution in [3.05, 3.63) is 11.6 Å². The van der Waals surface area contributed by atoms with Crippen LogP contribution in [0.1, 0.15) is 37.0 Å². The second-order valence-corrected chi connectivity index (χ2v) is 8.70. The van der Waals surface area contributed by atoms with Crippen molar-refractivity contribution < 1.29 is 8.42 Å². The molecule has 3 rings (SSSR count). The maximum atomic E-state index is 12.3. The number of nitrogens with zero attached hydrogens (tertiary/aromatic N) is 6. The second kappa shape index (κ2) is 6.46. The maximum absolute atomic E-state index is 12.3. The predicted octanol–water partition coefficient (Wildman–Crippen LogP) is 0.0994. The molecule has 8 nitrogen and oxygen atoms in total. The molecule has 1 saturated heterocycles. The van der Waals surface area contributed by atoms with Crippen molar-refractivity contribution in [3.8, 4) is 0 Å². The monoisotopic (exact) mass is 342 g/mol. The molecule has 0 amide bonds. The molecule has 0 radical (unpaired) electrons. The van der Waals surface area contributed by atoms with Crippen molar-refractivity contribution in [2.45, 2.75) is 38.3 Å². The molecule has 9 heteroatoms. The summed E-state index contributed by atoms with van der Waals surface area (Å²) in [4.78, 5) is 2.33. The van der Waals surface area contributed by atoms with Crippen LogP contribution in [0.3, 0.4) is 0 Å². The fourth-order valence-corrected chi connectivity index (χ4v) is 4.53. The first-order chi connectivity index (χ1) is 10.9. The van der Waals surface area contributed by atoms with Gasteiger partial charge < -0.3 is 4.57 Å². The quantitative estimate of drug-likeness (QED) is 0.779. The summed E-state index contributed by atoms with van der Waals surface area (Å²) in [6.07, 6.45) is 4.13. The first-order valence-corrected chi connectivity index (χ1v) is 9.61. The Hall–Kier alpha value is -1.03. The number of rotatable bonds is 3. The molecule has 0 spiro atoms. The lowest BCUT2D eigenvalue weighted by atomic mass is 10.0. The topological polar surface area (TPSA) is 74.6 Å². The van der Waals surface area contributed by atoms with Gasteiger partial charge in [0.2, 0.25) is 0 Å². The summed E-state index contributed by atoms with van der Waals surface area (Å²) in [7, 11) is 1.90. The Kier molecular flexibility index (Phi) is 4.73. The van der Waals surface area contributed by atoms with Crippen LogP contribution < -0.4 is 0 Å². The molecule has 0 aromatic carbocycles. The SMILES string of the molecule is CN1CCCC[C@H]1c1nnc2n1CCN(S(=O)(=O)N(C)C)CC2. The Balaban J connectivity index is 1.82. The van der Waals surface area contributed by atoms with Crippen molar-refractivity contribution in [1.29, 1.82) is 0 Å². The van der Waals surface area contributed by atoms with Gasteiger partial charge >= 0.3 is 0 Å². The molecule has 0 N–H and O–H groups in total. The molecule has 23 heavy (non-hydrogen) atoms. The third kappa shape index (κ3) is 3.15. The summed E-state index contributed by atoms with van der Waals surface area (Å²) in [5.41, 5.74) is 0. The van der Waals surface area contributed by atoms with Gasteiger partial charge in [0.1, 0.15) is 11.6 Å². The van der Waals surface area contributed by atoms with Gasteiger partial charge in [-0.05, 0) is 26.4 Å². The van der Waals surface area contributed by atoms with Gasteiger partial charge in [0.15, 0.2) is 0 Å². The van der Waals surface area contributed by atoms with Crippen molar-refractivity contribution in [1.82, 2.24) is 28.3 Å². The van der Waals surface area contributed by atoms with E-state index in [1.165, 1.54) is 21.5 Å². The van der Waals surface area contributed by atoms with Gasteiger partial charge in [0.25, 0.3) is 10.2 Å². The van der Waals surface area contributed by atoms with Crippen molar-refractivity contribution in [2.24, 2.45) is 0 Å². The standard InChI is InChI=1S/C14H26N6O2S/c1-17(2)23(21,22)19-9-7-13-15-16-14(20(13)11-10-19)12-6-4-5-8-18(12)3/h12H,4-11H2,1-3H3/t12-/m0/s1. The van der Waals surface area contributed by atoms with Crippen LogP contribution >= 0.6 is 0 Å². The molecule has 1 fully saturated rings. The molecule has 130 valence electrons. The number of likely N-dealkylation sites (tertiary alicyclic amines) is 1. The van der Waals surface area contributed by atoms with Gasteiger partial charge in [-0.15, -0.1) is 10.2 Å². The summed E-state index contributed by atoms with van der Waals surface area (Å²) in [6.45, 7) is 2.62. The molecular formula is C14H26N6O2S. The Bertz CT molecular complexity index is 656. The highest BCUT2D eigenvalue weighted by Crippen LogP contribution is 2.29. The van der Waals surface area contributed by atoms with E-state index in [2.05, 4.69) is 26.7 Å². The molecule has 0 unspecified atom stereocenters. The third-order valence-corrected chi connectivity index (χ3v) is 6.81. The highest BCUT2D eigenvalue weighted by atomic mass is 32.2. The Morgan fingerprint density at radius 3 is 2.57 bits per heavy atom. The minimum Gasteiger partial charge on any atom is -0.312 e. The van der Waals surface area contributed by atoms with E-state index >= 15 is 0 Å². The largest absolute Gasteiger partial charge is 0.312 e. The first kappa shape index (κ1) is 16.8. The maximum Gasteiger partial charge on any atom is 0.281 e. The van der Waals surface area contributed by atoms with Crippen LogP contribution in [0.15, 0.2) is 0 Å². The van der Waals surface area contributed by atoms with Crippen molar-refractivity contribution in [3.63, 3.8) is 0 Å². The number of piperidine rings is 1. The van der Waals surface area contributed by atoms with Crippen LogP contribution in [-0.2, 0) is 23.2 Å². The molecule has 3 heterocycles. The fourth-order valence-electron chi connectivity index (χ4n) is 3.44. The highest BCUT2D eigenvalue weighted by Gasteiger charge is 2.31. The van der Waals surface area contributed by atoms with Crippen molar-refractivity contribution >= 4 is 10.2 Å². The van der Waals surface area contributed by atoms with E-state index in [-0.39, 0.29) is 0 Å². The zero-order valence-electron chi connectivity index (χ0n) is 14.1. The van der Waals surface area contributed by atoms with Gasteiger partial charge in [-0.3, -0.25) is 4.90 Å². The minimum absolute atomic E-state index is 0.294. The summed E-state index contributed by atoms with van der Waals surface area (Å²) in [6, 6.07) is 0.294. The van der Waals surface area contributed by atoms with Crippen LogP contribution in [0.4, 0.5) is 0 Å². The average Bonchev–Trinajstić information content (AvgIpc) is 2.78. The third-order valence-electron chi connectivity index (χ3n) is 4.87. The van der Waals surface area contributed by atoms with Crippen LogP contribution in [0.25, 0.3) is 0 Å². The molecule has 1 aromatic rings. The number of fused-ring (bicyclic) bond motifs is 1. The molecule has 2 aliphatic rings. The van der Waals surface area contributed by atoms with E-state index in [9.17, 15) is 8.42 Å². The van der Waals surface area contributed by atoms with Crippen molar-refractivity contribution in [2.75, 3.05) is 40.8 Å². The molecular weight excluding hydrogens is 316 g/mol. The first-order valence-electron chi connectivity index (χ1n) is 8.21. The average molecular weight is 342 g/mol. The molecule has 0 bridgehead atoms. The zero-order valence-corrected chi connectivity index (χ0v) is 15.0. The molecule has 1 aromatic heterocycles. The Morgan fingerprint density at radius 2 is 1.87 bits per heavy atom. The molecule has 1 atom stereocenters. The van der Waals surface area contributed by atoms with Crippen LogP contribution in [0.5, 0.6) is 0 Å². The van der Waals surface area contributed by atoms with E-state index < -0.39 is 10.2 Å². The summed E-state index contributed by atoms with van der Waals surface area (Å²) in [5.74, 6) is 1.89. The lowest BCUT2D eigenvalue weighted by molar-refractivity contribution is 0.174. The van der Waals surface area contributed by atoms with Gasteiger partial charge in [0, 0.05) is 40.2 Å². The van der Waals surface area contributed by atoms with Gasteiger partial charge in [-0.2, -0.15) is 17.0 Å². The number of hydrogen-bond acceptors (Lipinski definition) is 5. The summed E-state index contributed by atoms with van der Waals surface area (Å²) >= 11 is 0. The predicted molar refractivity (Wildman–Crippen MR) is 87.1 cm³/mol. The second-order valence-electron chi connectivity index (χ2n) is 6.56. The molecule has 0 aliphatic carbocycles. The minimum atomic E-state index is -3.37. The Labute approximate surface area is 138 Å². The van der Waals surface area contributed by atoms with Gasteiger partial charge in [-0.25, -0.2) is 0 Å².